The SMILES string of the molecule is Cc1[nH]c2ccccc2c1-c1c(-c2cn(C)c3ccccc23)c(=O)c1=O.Cn1cc(-c2c(-c3c(-c4ccccc4)[nH]c4ccccc34)c(=O)c2=O)c2ccccc21.O=c1c(-c2c[nH]c3ccc(I)cc23)c(-c2c[nH]c3ccc(CO)cc23)c1=O. The minimum absolute atomic E-state index is 0.0831. The minimum Gasteiger partial charge on any atom is -0.392 e. The maximum atomic E-state index is 13.0. The van der Waals surface area contributed by atoms with Crippen molar-refractivity contribution in [1.29, 1.82) is 0 Å². The monoisotopic (exact) mass is 1210 g/mol. The van der Waals surface area contributed by atoms with Gasteiger partial charge in [0.2, 0.25) is 32.6 Å². The molecule has 16 rings (SSSR count). The molecule has 0 atom stereocenters. The van der Waals surface area contributed by atoms with Crippen molar-refractivity contribution in [3.05, 3.63) is 265 Å². The number of nitrogens with one attached hydrogen (secondary N) is 4. The maximum Gasteiger partial charge on any atom is 0.235 e. The first-order chi connectivity index (χ1) is 40.8. The molecule has 5 N–H and O–H groups in total. The van der Waals surface area contributed by atoms with Crippen LogP contribution in [0.3, 0.4) is 0 Å². The van der Waals surface area contributed by atoms with Gasteiger partial charge in [-0.25, -0.2) is 0 Å². The van der Waals surface area contributed by atoms with E-state index in [1.807, 2.05) is 206 Å². The number of benzene rings is 7. The Morgan fingerprint density at radius 2 is 0.833 bits per heavy atom. The third-order valence-electron chi connectivity index (χ3n) is 16.3. The van der Waals surface area contributed by atoms with Gasteiger partial charge in [0, 0.05) is 180 Å². The predicted octanol–water partition coefficient (Wildman–Crippen LogP) is 12.8. The minimum atomic E-state index is -0.472. The summed E-state index contributed by atoms with van der Waals surface area (Å²) in [6.45, 7) is 1.86. The normalized spacial score (nSPS) is 11.7. The third kappa shape index (κ3) is 8.00. The van der Waals surface area contributed by atoms with Gasteiger partial charge >= 0.3 is 0 Å². The van der Waals surface area contributed by atoms with Crippen LogP contribution in [0.5, 0.6) is 0 Å². The highest BCUT2D eigenvalue weighted by molar-refractivity contribution is 14.1. The van der Waals surface area contributed by atoms with Crippen LogP contribution in [0.1, 0.15) is 11.3 Å². The first kappa shape index (κ1) is 51.8. The Balaban J connectivity index is 0.000000113. The van der Waals surface area contributed by atoms with Crippen LogP contribution in [0.15, 0.2) is 217 Å². The van der Waals surface area contributed by atoms with Gasteiger partial charge < -0.3 is 34.2 Å². The van der Waals surface area contributed by atoms with Crippen LogP contribution in [-0.4, -0.2) is 34.2 Å². The number of aliphatic hydroxyl groups excluding tert-OH is 1. The number of aliphatic hydroxyl groups is 1. The zero-order valence-corrected chi connectivity index (χ0v) is 47.4. The highest BCUT2D eigenvalue weighted by Crippen LogP contribution is 2.44. The summed E-state index contributed by atoms with van der Waals surface area (Å²) in [7, 11) is 3.91. The molecule has 0 aliphatic rings. The summed E-state index contributed by atoms with van der Waals surface area (Å²) in [5.41, 5.74) is 14.3. The molecule has 16 aromatic rings. The summed E-state index contributed by atoms with van der Waals surface area (Å²) in [5, 5.41) is 15.0. The average molecular weight is 1210 g/mol. The van der Waals surface area contributed by atoms with Crippen LogP contribution in [0.4, 0.5) is 0 Å². The number of nitrogens with zero attached hydrogens (tertiary/aromatic N) is 2. The average Bonchev–Trinajstić information content (AvgIpc) is 1.67. The van der Waals surface area contributed by atoms with Gasteiger partial charge in [-0.2, -0.15) is 0 Å². The first-order valence-corrected chi connectivity index (χ1v) is 28.2. The lowest BCUT2D eigenvalue weighted by atomic mass is 9.86. The number of aryl methyl sites for hydroxylation is 3. The summed E-state index contributed by atoms with van der Waals surface area (Å²) in [6, 6.07) is 53.1. The fraction of sp³-hybridized carbons (Fsp3) is 0.0571. The molecule has 84 heavy (non-hydrogen) atoms. The van der Waals surface area contributed by atoms with E-state index in [9.17, 15) is 33.9 Å². The van der Waals surface area contributed by atoms with E-state index in [2.05, 4.69) is 42.5 Å². The molecule has 0 unspecified atom stereocenters. The zero-order chi connectivity index (χ0) is 57.8. The third-order valence-corrected chi connectivity index (χ3v) is 17.0. The highest BCUT2D eigenvalue weighted by Gasteiger charge is 2.32. The summed E-state index contributed by atoms with van der Waals surface area (Å²) in [4.78, 5) is 89.0. The van der Waals surface area contributed by atoms with Crippen LogP contribution in [0.25, 0.3) is 143 Å². The smallest absolute Gasteiger partial charge is 0.235 e. The number of aromatic nitrogens is 6. The molecule has 14 heteroatoms. The maximum absolute atomic E-state index is 13.0. The molecule has 0 spiro atoms. The van der Waals surface area contributed by atoms with E-state index in [-0.39, 0.29) is 6.61 Å². The van der Waals surface area contributed by atoms with E-state index in [4.69, 9.17) is 0 Å². The van der Waals surface area contributed by atoms with E-state index in [0.717, 1.165) is 119 Å². The second kappa shape index (κ2) is 20.0. The second-order valence-electron chi connectivity index (χ2n) is 21.2. The van der Waals surface area contributed by atoms with Crippen LogP contribution in [-0.2, 0) is 20.7 Å². The summed E-state index contributed by atoms with van der Waals surface area (Å²) in [6.07, 6.45) is 7.43. The molecule has 0 fully saturated rings. The predicted molar refractivity (Wildman–Crippen MR) is 346 cm³/mol. The molecule has 406 valence electrons. The molecule has 0 radical (unpaired) electrons. The lowest BCUT2D eigenvalue weighted by Crippen LogP contribution is -2.35. The van der Waals surface area contributed by atoms with Crippen LogP contribution >= 0.6 is 22.6 Å². The van der Waals surface area contributed by atoms with Gasteiger partial charge in [0.15, 0.2) is 0 Å². The van der Waals surface area contributed by atoms with Crippen LogP contribution in [0, 0.1) is 10.5 Å². The molecular weight excluding hydrogens is 1160 g/mol. The van der Waals surface area contributed by atoms with Gasteiger partial charge in [0.05, 0.1) is 12.3 Å². The summed E-state index contributed by atoms with van der Waals surface area (Å²) >= 11 is 2.23. The number of H-pyrrole nitrogens is 4. The highest BCUT2D eigenvalue weighted by atomic mass is 127. The van der Waals surface area contributed by atoms with E-state index >= 15 is 0 Å². The molecular formula is C70H47IN6O7. The van der Waals surface area contributed by atoms with Crippen molar-refractivity contribution in [1.82, 2.24) is 29.1 Å². The van der Waals surface area contributed by atoms with Crippen molar-refractivity contribution in [3.8, 4) is 78.0 Å². The molecule has 0 aliphatic carbocycles. The van der Waals surface area contributed by atoms with Crippen molar-refractivity contribution in [2.24, 2.45) is 14.1 Å². The molecule has 0 amide bonds. The largest absolute Gasteiger partial charge is 0.392 e. The molecule has 0 saturated heterocycles. The number of fused-ring (bicyclic) bond motifs is 6. The lowest BCUT2D eigenvalue weighted by Gasteiger charge is -2.13. The molecule has 0 aliphatic heterocycles. The number of para-hydroxylation sites is 4. The fourth-order valence-corrected chi connectivity index (χ4v) is 12.8. The Labute approximate surface area is 489 Å². The molecule has 13 nitrogen and oxygen atoms in total. The summed E-state index contributed by atoms with van der Waals surface area (Å²) < 4.78 is 5.05. The molecule has 6 aromatic heterocycles. The quantitative estimate of drug-likeness (QED) is 0.0737. The Bertz CT molecular complexity index is 5580. The number of hydrogen-bond donors (Lipinski definition) is 5. The van der Waals surface area contributed by atoms with Gasteiger partial charge in [0.25, 0.3) is 0 Å². The van der Waals surface area contributed by atoms with E-state index < -0.39 is 32.6 Å². The van der Waals surface area contributed by atoms with Crippen molar-refractivity contribution >= 4 is 88.0 Å². The zero-order valence-electron chi connectivity index (χ0n) is 45.3. The van der Waals surface area contributed by atoms with E-state index in [1.165, 1.54) is 0 Å². The molecule has 0 saturated carbocycles. The number of aromatic amines is 4. The van der Waals surface area contributed by atoms with Crippen LogP contribution < -0.4 is 32.6 Å². The second-order valence-corrected chi connectivity index (χ2v) is 22.4. The van der Waals surface area contributed by atoms with Gasteiger partial charge in [-0.3, -0.25) is 28.8 Å². The molecule has 10 aromatic carbocycles. The molecule has 0 bridgehead atoms. The Kier molecular flexibility index (Phi) is 12.3. The van der Waals surface area contributed by atoms with Crippen LogP contribution in [0.2, 0.25) is 0 Å². The van der Waals surface area contributed by atoms with Crippen molar-refractivity contribution < 1.29 is 5.11 Å². The Morgan fingerprint density at radius 1 is 0.405 bits per heavy atom. The van der Waals surface area contributed by atoms with Gasteiger partial charge in [-0.1, -0.05) is 109 Å². The first-order valence-electron chi connectivity index (χ1n) is 27.1. The van der Waals surface area contributed by atoms with E-state index in [1.54, 1.807) is 12.4 Å². The van der Waals surface area contributed by atoms with E-state index in [0.29, 0.717) is 38.9 Å². The standard InChI is InChI=1S/C27H18N2O2.C22H16N2O2.C21H13IN2O3/c1-29-15-19(17-11-6-8-14-21(17)29)23-24(27(31)26(23)30)22-18-12-5-7-13-20(18)28-25(22)16-9-3-2-4-10-16;1-12-18(14-8-3-5-9-16(14)23-12)20-19(21(25)22(20)26)15-11-24(2)17-10-6-4-7-13(15)17;22-11-2-4-17-13(6-11)15(8-24-17)19-18(20(26)21(19)27)14-7-23-16-3-1-10(9-25)5-12(14)16/h2-15,28H,1H3;3-11,23H,1-2H3;1-8,23-25H,9H2. The molecule has 6 heterocycles. The van der Waals surface area contributed by atoms with Gasteiger partial charge in [0.1, 0.15) is 0 Å². The fourth-order valence-electron chi connectivity index (χ4n) is 12.4. The Morgan fingerprint density at radius 3 is 1.38 bits per heavy atom. The topological polar surface area (TPSA) is 196 Å². The van der Waals surface area contributed by atoms with Gasteiger partial charge in [-0.05, 0) is 95.2 Å². The Hall–Kier alpha value is -10.3. The summed E-state index contributed by atoms with van der Waals surface area (Å²) in [5.74, 6) is 0. The lowest BCUT2D eigenvalue weighted by molar-refractivity contribution is 0.282. The van der Waals surface area contributed by atoms with Crippen molar-refractivity contribution in [3.63, 3.8) is 0 Å². The number of rotatable bonds is 8. The van der Waals surface area contributed by atoms with Gasteiger partial charge in [-0.15, -0.1) is 0 Å². The van der Waals surface area contributed by atoms with Crippen molar-refractivity contribution in [2.45, 2.75) is 13.5 Å². The number of hydrogen-bond acceptors (Lipinski definition) is 7. The number of halogens is 1. The van der Waals surface area contributed by atoms with Crippen molar-refractivity contribution in [2.75, 3.05) is 0 Å².